The number of Topliss-reactive ketones (excluding diaryl/α,β-unsaturated/α-hetero) is 4. The summed E-state index contributed by atoms with van der Waals surface area (Å²) in [6.07, 6.45) is 14.6. The summed E-state index contributed by atoms with van der Waals surface area (Å²) < 4.78 is 115. The minimum atomic E-state index is -1.27. The minimum Gasteiger partial charge on any atom is -0.480 e. The lowest BCUT2D eigenvalue weighted by atomic mass is 9.87. The number of carboxylic acids is 1. The first-order valence-corrected chi connectivity index (χ1v) is 50.6. The highest BCUT2D eigenvalue weighted by atomic mass is 32.1. The van der Waals surface area contributed by atoms with Gasteiger partial charge in [0.25, 0.3) is 0 Å². The number of aromatic nitrogens is 6. The number of carbonyl (C=O) groups is 8. The quantitative estimate of drug-likeness (QED) is 0.0123. The van der Waals surface area contributed by atoms with Crippen molar-refractivity contribution in [3.05, 3.63) is 311 Å². The van der Waals surface area contributed by atoms with E-state index in [1.807, 2.05) is 110 Å². The summed E-state index contributed by atoms with van der Waals surface area (Å²) in [6, 6.07) is 52.0. The van der Waals surface area contributed by atoms with Crippen molar-refractivity contribution in [1.82, 2.24) is 45.0 Å². The molecule has 0 radical (unpaired) electrons. The first-order valence-electron chi connectivity index (χ1n) is 48.1. The molecule has 5 N–H and O–H groups in total. The van der Waals surface area contributed by atoms with E-state index in [0.29, 0.717) is 127 Å². The van der Waals surface area contributed by atoms with Crippen LogP contribution >= 0.6 is 34.0 Å². The molecular formula is C113H109F6N11O14S3. The van der Waals surface area contributed by atoms with Crippen LogP contribution in [-0.2, 0) is 83.6 Å². The monoisotopic (exact) mass is 2050 g/mol. The number of nitrogens with one attached hydrogen (secondary N) is 2. The Morgan fingerprint density at radius 1 is 0.395 bits per heavy atom. The van der Waals surface area contributed by atoms with Gasteiger partial charge in [0.2, 0.25) is 5.91 Å². The molecule has 3 amide bonds. The number of ether oxygens (including phenoxy) is 5. The molecule has 34 heteroatoms. The number of nitrogens with two attached hydrogens (primary N) is 1. The molecule has 0 unspecified atom stereocenters. The Balaban J connectivity index is 0.000000155. The van der Waals surface area contributed by atoms with Crippen molar-refractivity contribution in [3.8, 4) is 66.2 Å². The number of halogens is 6. The van der Waals surface area contributed by atoms with Gasteiger partial charge in [0, 0.05) is 124 Å². The molecule has 0 bridgehead atoms. The van der Waals surface area contributed by atoms with Crippen LogP contribution in [0.5, 0.6) is 34.5 Å². The number of aliphatic carboxylic acids is 1. The van der Waals surface area contributed by atoms with Crippen LogP contribution < -0.4 is 30.6 Å². The summed E-state index contributed by atoms with van der Waals surface area (Å²) in [5.74, 6) is -3.51. The fourth-order valence-corrected chi connectivity index (χ4v) is 19.2. The van der Waals surface area contributed by atoms with Crippen molar-refractivity contribution in [2.75, 3.05) is 30.7 Å². The first-order chi connectivity index (χ1) is 70.3. The maximum atomic E-state index is 15.2. The maximum Gasteiger partial charge on any atom is 0.410 e. The second kappa shape index (κ2) is 46.6. The second-order valence-electron chi connectivity index (χ2n) is 38.2. The molecule has 9 heterocycles. The number of benzene rings is 6. The SMILES string of the molecule is CCCN(Cc1ccc(-c2cc3nccc(Oc4ccc(F)cc4CC(=O)C4(C(=O)Cc5ccc(F)cc5)CC4)c3s2)nc1)C(=O)OC(C)(C)C.CCCN(Cc1ccc(-c2cc3nccc(Oc4ccc(N)cc4F)c3s2)nc1)C(=O)OC(C)(C)C.CCCNCc1ccc(-c2cc3nccc(Oc4ccc(CC(=O)C5(C(=O)Cc6ccc(F)cc6)CC5)cc4F)c3s2)nc1.O=C(O)C1(C(=O)Nc2ccc(F)cc2)CC1. The molecule has 15 aromatic rings. The number of carbonyl (C=O) groups excluding carboxylic acids is 7. The molecule has 0 saturated heterocycles. The van der Waals surface area contributed by atoms with E-state index in [1.54, 1.807) is 95.4 Å². The zero-order valence-corrected chi connectivity index (χ0v) is 84.8. The smallest absolute Gasteiger partial charge is 0.410 e. The average Bonchev–Trinajstić information content (AvgIpc) is 1.44. The molecule has 0 aliphatic heterocycles. The van der Waals surface area contributed by atoms with Gasteiger partial charge in [-0.15, -0.1) is 34.0 Å². The Labute approximate surface area is 857 Å². The number of anilines is 2. The molecule has 25 nitrogen and oxygen atoms in total. The second-order valence-corrected chi connectivity index (χ2v) is 41.4. The molecule has 0 atom stereocenters. The fourth-order valence-electron chi connectivity index (χ4n) is 16.1. The average molecular weight is 2060 g/mol. The number of amides is 3. The summed E-state index contributed by atoms with van der Waals surface area (Å²) in [5, 5.41) is 14.7. The molecule has 3 fully saturated rings. The maximum absolute atomic E-state index is 15.2. The van der Waals surface area contributed by atoms with Crippen LogP contribution in [0, 0.1) is 51.1 Å². The van der Waals surface area contributed by atoms with Gasteiger partial charge in [-0.3, -0.25) is 58.7 Å². The van der Waals surface area contributed by atoms with E-state index < -0.39 is 68.4 Å². The summed E-state index contributed by atoms with van der Waals surface area (Å²) in [6.45, 7) is 20.9. The Morgan fingerprint density at radius 2 is 0.762 bits per heavy atom. The first kappa shape index (κ1) is 106. The summed E-state index contributed by atoms with van der Waals surface area (Å²) in [4.78, 5) is 134. The van der Waals surface area contributed by atoms with Gasteiger partial charge in [-0.25, -0.2) is 35.9 Å². The third-order valence-electron chi connectivity index (χ3n) is 24.4. The van der Waals surface area contributed by atoms with Crippen LogP contribution in [0.2, 0.25) is 0 Å². The lowest BCUT2D eigenvalue weighted by Gasteiger charge is -2.27. The predicted octanol–water partition coefficient (Wildman–Crippen LogP) is 25.6. The van der Waals surface area contributed by atoms with Crippen molar-refractivity contribution in [3.63, 3.8) is 0 Å². The molecule has 760 valence electrons. The predicted molar refractivity (Wildman–Crippen MR) is 554 cm³/mol. The van der Waals surface area contributed by atoms with Gasteiger partial charge < -0.3 is 55.0 Å². The number of pyridine rings is 6. The number of carboxylic acid groups (broad SMARTS) is 1. The number of hydrogen-bond donors (Lipinski definition) is 4. The van der Waals surface area contributed by atoms with Crippen LogP contribution in [0.25, 0.3) is 62.4 Å². The van der Waals surface area contributed by atoms with Crippen LogP contribution in [0.4, 0.5) is 47.3 Å². The van der Waals surface area contributed by atoms with Gasteiger partial charge in [-0.1, -0.05) is 69.3 Å². The van der Waals surface area contributed by atoms with Crippen molar-refractivity contribution in [2.45, 2.75) is 177 Å². The van der Waals surface area contributed by atoms with Gasteiger partial charge in [0.05, 0.1) is 86.3 Å². The number of nitrogens with zero attached hydrogens (tertiary/aromatic N) is 8. The van der Waals surface area contributed by atoms with Gasteiger partial charge in [0.1, 0.15) is 62.9 Å². The number of hydrogen-bond acceptors (Lipinski definition) is 24. The summed E-state index contributed by atoms with van der Waals surface area (Å²) in [5.41, 5.74) is 11.2. The molecule has 9 aromatic heterocycles. The highest BCUT2D eigenvalue weighted by Crippen LogP contribution is 2.52. The van der Waals surface area contributed by atoms with Crippen LogP contribution in [0.15, 0.2) is 237 Å². The number of rotatable bonds is 36. The molecule has 3 saturated carbocycles. The fraction of sp³-hybridized carbons (Fsp3) is 0.292. The lowest BCUT2D eigenvalue weighted by Crippen LogP contribution is -2.36. The molecule has 6 aromatic carbocycles. The van der Waals surface area contributed by atoms with E-state index in [9.17, 15) is 60.3 Å². The van der Waals surface area contributed by atoms with Gasteiger partial charge in [-0.05, 0) is 267 Å². The Bertz CT molecular complexity index is 7320. The zero-order chi connectivity index (χ0) is 105. The molecule has 3 aliphatic rings. The normalized spacial score (nSPS) is 13.4. The van der Waals surface area contributed by atoms with Gasteiger partial charge in [0.15, 0.2) is 46.3 Å². The number of ketones is 4. The number of thiophene rings is 3. The van der Waals surface area contributed by atoms with Crippen molar-refractivity contribution < 1.29 is 93.5 Å². The minimum absolute atomic E-state index is 0.0230. The third kappa shape index (κ3) is 27.4. The van der Waals surface area contributed by atoms with Crippen LogP contribution in [0.3, 0.4) is 0 Å². The topological polar surface area (TPSA) is 337 Å². The van der Waals surface area contributed by atoms with Crippen LogP contribution in [0.1, 0.15) is 159 Å². The summed E-state index contributed by atoms with van der Waals surface area (Å²) >= 11 is 4.37. The van der Waals surface area contributed by atoms with E-state index in [2.05, 4.69) is 53.5 Å². The van der Waals surface area contributed by atoms with E-state index >= 15 is 4.39 Å². The van der Waals surface area contributed by atoms with Crippen molar-refractivity contribution in [2.24, 2.45) is 16.2 Å². The van der Waals surface area contributed by atoms with E-state index in [1.165, 1.54) is 125 Å². The Kier molecular flexibility index (Phi) is 33.7. The van der Waals surface area contributed by atoms with Crippen LogP contribution in [-0.4, -0.2) is 123 Å². The summed E-state index contributed by atoms with van der Waals surface area (Å²) in [7, 11) is 0. The third-order valence-corrected chi connectivity index (χ3v) is 27.9. The number of nitrogen functional groups attached to an aromatic ring is 1. The molecule has 3 aliphatic carbocycles. The highest BCUT2D eigenvalue weighted by Gasteiger charge is 2.58. The Hall–Kier alpha value is -15.0. The van der Waals surface area contributed by atoms with Gasteiger partial charge >= 0.3 is 18.2 Å². The largest absolute Gasteiger partial charge is 0.480 e. The van der Waals surface area contributed by atoms with E-state index in [4.69, 9.17) is 34.5 Å². The van der Waals surface area contributed by atoms with Gasteiger partial charge in [-0.2, -0.15) is 0 Å². The van der Waals surface area contributed by atoms with Crippen molar-refractivity contribution >= 4 is 123 Å². The molecule has 147 heavy (non-hydrogen) atoms. The molecular weight excluding hydrogens is 1950 g/mol. The molecule has 0 spiro atoms. The number of fused-ring (bicyclic) bond motifs is 3. The van der Waals surface area contributed by atoms with E-state index in [0.717, 1.165) is 106 Å². The highest BCUT2D eigenvalue weighted by molar-refractivity contribution is 7.23. The van der Waals surface area contributed by atoms with Crippen molar-refractivity contribution in [1.29, 1.82) is 0 Å². The zero-order valence-electron chi connectivity index (χ0n) is 82.4. The standard InChI is InChI=1S/C40H39F2N3O5S.C35H31F2N3O3S.C27H29FN4O3S.C11H10FNO3/c1-5-18-45(38(48)50-39(2,3)4)24-26-8-12-30(44-23-26)34-22-31-37(51-34)33(14-17-43-31)49-32-13-11-29(42)20-27(32)21-36(47)40(15-16-40)35(46)19-25-6-9-28(41)10-7-25;1-2-14-38-20-24-5-9-27(40-21-24)31-19-28-34(44-31)30(11-15-39-28)43-29-10-6-23(16-26(29)37)18-33(42)35(12-13-35)32(41)17-22-3-7-25(36)8-4-22;1-5-12-32(26(33)35-27(2,3)4)16-17-6-8-20(31-15-17)24-14-21-25(36-24)23(10-11-30-21)34-22-9-7-18(29)13-19(22)28;12-7-1-3-8(4-2-7)13-9(14)11(5-6-11)10(15)16/h6-14,17,20,22-23H,5,15-16,18-19,21,24H2,1-4H3;3-11,15-16,19,21,38H,2,12-14,17-18,20H2,1H3;6-11,13-15H,5,12,16,29H2,1-4H3;1-4H,5-6H2,(H,13,14)(H,15,16). The van der Waals surface area contributed by atoms with E-state index in [-0.39, 0.29) is 78.3 Å². The molecule has 18 rings (SSSR count). The lowest BCUT2D eigenvalue weighted by molar-refractivity contribution is -0.147. The Morgan fingerprint density at radius 3 is 1.14 bits per heavy atom.